The molecule has 3 heteroatoms. The summed E-state index contributed by atoms with van der Waals surface area (Å²) in [7, 11) is 0. The fourth-order valence-corrected chi connectivity index (χ4v) is 3.01. The molecule has 0 spiro atoms. The Morgan fingerprint density at radius 1 is 0.875 bits per heavy atom. The van der Waals surface area contributed by atoms with Crippen LogP contribution in [-0.2, 0) is 0 Å². The van der Waals surface area contributed by atoms with Gasteiger partial charge in [0, 0.05) is 0 Å². The molecule has 0 fully saturated rings. The lowest BCUT2D eigenvalue weighted by Gasteiger charge is -2.26. The summed E-state index contributed by atoms with van der Waals surface area (Å²) in [5.41, 5.74) is 2.07. The first-order valence-electron chi connectivity index (χ1n) is 9.00. The van der Waals surface area contributed by atoms with Crippen LogP contribution in [-0.4, -0.2) is 36.2 Å². The van der Waals surface area contributed by atoms with Crippen molar-refractivity contribution in [3.05, 3.63) is 71.8 Å². The van der Waals surface area contributed by atoms with Gasteiger partial charge in [0.15, 0.2) is 0 Å². The minimum Gasteiger partial charge on any atom is -0.386 e. The molecule has 2 aromatic rings. The molecule has 0 bridgehead atoms. The van der Waals surface area contributed by atoms with E-state index in [1.807, 2.05) is 48.5 Å². The predicted octanol–water partition coefficient (Wildman–Crippen LogP) is 3.78. The number of nitrogens with zero attached hydrogens (tertiary/aromatic N) is 1. The highest BCUT2D eigenvalue weighted by atomic mass is 16.3. The van der Waals surface area contributed by atoms with Gasteiger partial charge in [-0.15, -0.1) is 0 Å². The first-order valence-corrected chi connectivity index (χ1v) is 9.00. The van der Waals surface area contributed by atoms with Gasteiger partial charge in [-0.25, -0.2) is 0 Å². The topological polar surface area (TPSA) is 35.5 Å². The molecule has 130 valence electrons. The van der Waals surface area contributed by atoms with Crippen LogP contribution in [0.1, 0.15) is 43.5 Å². The molecule has 0 aliphatic rings. The van der Waals surface area contributed by atoms with Gasteiger partial charge in [-0.3, -0.25) is 0 Å². The van der Waals surface area contributed by atoms with Crippen molar-refractivity contribution in [2.24, 2.45) is 0 Å². The molecule has 0 saturated heterocycles. The molecular weight excluding hydrogens is 296 g/mol. The Kier molecular flexibility index (Phi) is 7.96. The summed E-state index contributed by atoms with van der Waals surface area (Å²) in [5.74, 6) is 0. The van der Waals surface area contributed by atoms with Crippen molar-refractivity contribution in [2.45, 2.75) is 32.4 Å². The van der Waals surface area contributed by atoms with E-state index in [4.69, 9.17) is 0 Å². The largest absolute Gasteiger partial charge is 0.386 e. The minimum atomic E-state index is -0.554. The summed E-state index contributed by atoms with van der Waals surface area (Å²) in [5, 5.41) is 14.4. The Balaban J connectivity index is 2.01. The number of hydrogen-bond acceptors (Lipinski definition) is 3. The molecule has 2 aromatic carbocycles. The highest BCUT2D eigenvalue weighted by molar-refractivity contribution is 5.26. The normalized spacial score (nSPS) is 13.8. The van der Waals surface area contributed by atoms with Crippen LogP contribution in [0.4, 0.5) is 0 Å². The van der Waals surface area contributed by atoms with Crippen LogP contribution in [0.2, 0.25) is 0 Å². The van der Waals surface area contributed by atoms with Crippen LogP contribution in [0.3, 0.4) is 0 Å². The number of aliphatic hydroxyl groups excluding tert-OH is 1. The second-order valence-corrected chi connectivity index (χ2v) is 6.08. The van der Waals surface area contributed by atoms with E-state index in [-0.39, 0.29) is 6.04 Å². The van der Waals surface area contributed by atoms with E-state index in [1.54, 1.807) is 0 Å². The van der Waals surface area contributed by atoms with Gasteiger partial charge in [-0.1, -0.05) is 74.5 Å². The van der Waals surface area contributed by atoms with E-state index in [9.17, 15) is 5.11 Å². The minimum absolute atomic E-state index is 0.0923. The zero-order valence-electron chi connectivity index (χ0n) is 14.9. The Labute approximate surface area is 146 Å². The molecule has 2 atom stereocenters. The lowest BCUT2D eigenvalue weighted by Crippen LogP contribution is -2.31. The first kappa shape index (κ1) is 18.7. The lowest BCUT2D eigenvalue weighted by atomic mass is 9.95. The van der Waals surface area contributed by atoms with E-state index in [2.05, 4.69) is 36.2 Å². The van der Waals surface area contributed by atoms with Crippen molar-refractivity contribution < 1.29 is 5.11 Å². The third-order valence-corrected chi connectivity index (χ3v) is 4.53. The van der Waals surface area contributed by atoms with Crippen LogP contribution in [0.15, 0.2) is 60.7 Å². The molecule has 0 saturated carbocycles. The third-order valence-electron chi connectivity index (χ3n) is 4.53. The first-order chi connectivity index (χ1) is 11.8. The average Bonchev–Trinajstić information content (AvgIpc) is 2.66. The van der Waals surface area contributed by atoms with E-state index in [0.717, 1.165) is 43.7 Å². The summed E-state index contributed by atoms with van der Waals surface area (Å²) >= 11 is 0. The highest BCUT2D eigenvalue weighted by Crippen LogP contribution is 2.28. The molecular formula is C21H30N2O. The van der Waals surface area contributed by atoms with Crippen LogP contribution < -0.4 is 5.32 Å². The molecule has 0 amide bonds. The fraction of sp³-hybridized carbons (Fsp3) is 0.429. The van der Waals surface area contributed by atoms with Crippen LogP contribution in [0, 0.1) is 0 Å². The zero-order valence-corrected chi connectivity index (χ0v) is 14.9. The smallest absolute Gasteiger partial charge is 0.0984 e. The van der Waals surface area contributed by atoms with Gasteiger partial charge in [0.1, 0.15) is 0 Å². The van der Waals surface area contributed by atoms with Gasteiger partial charge in [-0.2, -0.15) is 0 Å². The van der Waals surface area contributed by atoms with Crippen molar-refractivity contribution in [3.8, 4) is 0 Å². The van der Waals surface area contributed by atoms with Gasteiger partial charge in [-0.05, 0) is 43.7 Å². The number of rotatable bonds is 10. The standard InChI is InChI=1S/C21H30N2O/c1-3-23(4-2)17-11-16-22-20(18-12-7-5-8-13-18)21(24)19-14-9-6-10-15-19/h5-10,12-15,20-22,24H,3-4,11,16-17H2,1-2H3/t20-,21+/m1/s1. The van der Waals surface area contributed by atoms with E-state index >= 15 is 0 Å². The van der Waals surface area contributed by atoms with Crippen molar-refractivity contribution in [1.82, 2.24) is 10.2 Å². The quantitative estimate of drug-likeness (QED) is 0.652. The number of hydrogen-bond donors (Lipinski definition) is 2. The van der Waals surface area contributed by atoms with Crippen molar-refractivity contribution in [1.29, 1.82) is 0 Å². The second kappa shape index (κ2) is 10.2. The molecule has 0 heterocycles. The summed E-state index contributed by atoms with van der Waals surface area (Å²) < 4.78 is 0. The van der Waals surface area contributed by atoms with Crippen molar-refractivity contribution >= 4 is 0 Å². The molecule has 3 nitrogen and oxygen atoms in total. The van der Waals surface area contributed by atoms with Gasteiger partial charge in [0.25, 0.3) is 0 Å². The summed E-state index contributed by atoms with van der Waals surface area (Å²) in [6.07, 6.45) is 0.522. The maximum atomic E-state index is 10.9. The Morgan fingerprint density at radius 3 is 1.96 bits per heavy atom. The molecule has 0 radical (unpaired) electrons. The van der Waals surface area contributed by atoms with E-state index in [1.165, 1.54) is 0 Å². The Hall–Kier alpha value is -1.68. The molecule has 24 heavy (non-hydrogen) atoms. The molecule has 0 unspecified atom stereocenters. The molecule has 2 rings (SSSR count). The van der Waals surface area contributed by atoms with Gasteiger partial charge < -0.3 is 15.3 Å². The lowest BCUT2D eigenvalue weighted by molar-refractivity contribution is 0.127. The van der Waals surface area contributed by atoms with Crippen LogP contribution in [0.25, 0.3) is 0 Å². The number of benzene rings is 2. The highest BCUT2D eigenvalue weighted by Gasteiger charge is 2.21. The van der Waals surface area contributed by atoms with Crippen molar-refractivity contribution in [2.75, 3.05) is 26.2 Å². The van der Waals surface area contributed by atoms with E-state index < -0.39 is 6.10 Å². The monoisotopic (exact) mass is 326 g/mol. The van der Waals surface area contributed by atoms with Crippen LogP contribution >= 0.6 is 0 Å². The fourth-order valence-electron chi connectivity index (χ4n) is 3.01. The Bertz CT molecular complexity index is 555. The van der Waals surface area contributed by atoms with Gasteiger partial charge in [0.2, 0.25) is 0 Å². The summed E-state index contributed by atoms with van der Waals surface area (Å²) in [4.78, 5) is 2.42. The molecule has 0 aromatic heterocycles. The molecule has 2 N–H and O–H groups in total. The predicted molar refractivity (Wildman–Crippen MR) is 101 cm³/mol. The summed E-state index contributed by atoms with van der Waals surface area (Å²) in [6, 6.07) is 20.0. The average molecular weight is 326 g/mol. The zero-order chi connectivity index (χ0) is 17.2. The van der Waals surface area contributed by atoms with E-state index in [0.29, 0.717) is 0 Å². The summed E-state index contributed by atoms with van der Waals surface area (Å²) in [6.45, 7) is 8.55. The van der Waals surface area contributed by atoms with Gasteiger partial charge >= 0.3 is 0 Å². The maximum Gasteiger partial charge on any atom is 0.0984 e. The molecule has 0 aliphatic heterocycles. The molecule has 0 aliphatic carbocycles. The maximum absolute atomic E-state index is 10.9. The Morgan fingerprint density at radius 2 is 1.42 bits per heavy atom. The SMILES string of the molecule is CCN(CC)CCCN[C@H](c1ccccc1)[C@@H](O)c1ccccc1. The van der Waals surface area contributed by atoms with Crippen molar-refractivity contribution in [3.63, 3.8) is 0 Å². The number of aliphatic hydroxyl groups is 1. The second-order valence-electron chi connectivity index (χ2n) is 6.08. The third kappa shape index (κ3) is 5.45. The number of nitrogens with one attached hydrogen (secondary N) is 1. The van der Waals surface area contributed by atoms with Gasteiger partial charge in [0.05, 0.1) is 12.1 Å². The van der Waals surface area contributed by atoms with Crippen LogP contribution in [0.5, 0.6) is 0 Å².